The van der Waals surface area contributed by atoms with Crippen LogP contribution in [-0.4, -0.2) is 35.8 Å². The van der Waals surface area contributed by atoms with Gasteiger partial charge in [-0.2, -0.15) is 0 Å². The van der Waals surface area contributed by atoms with E-state index in [9.17, 15) is 9.59 Å². The zero-order valence-electron chi connectivity index (χ0n) is 13.0. The zero-order valence-corrected chi connectivity index (χ0v) is 13.0. The monoisotopic (exact) mass is 300 g/mol. The third-order valence-corrected chi connectivity index (χ3v) is 4.73. The van der Waals surface area contributed by atoms with Crippen molar-refractivity contribution in [3.8, 4) is 0 Å². The highest BCUT2D eigenvalue weighted by molar-refractivity contribution is 5.98. The van der Waals surface area contributed by atoms with Gasteiger partial charge in [0, 0.05) is 30.3 Å². The predicted octanol–water partition coefficient (Wildman–Crippen LogP) is 2.99. The van der Waals surface area contributed by atoms with Crippen LogP contribution in [-0.2, 0) is 0 Å². The van der Waals surface area contributed by atoms with Crippen molar-refractivity contribution in [3.05, 3.63) is 35.4 Å². The Hall–Kier alpha value is -1.84. The van der Waals surface area contributed by atoms with Gasteiger partial charge in [-0.25, -0.2) is 0 Å². The second-order valence-electron chi connectivity index (χ2n) is 6.39. The lowest BCUT2D eigenvalue weighted by Crippen LogP contribution is -2.35. The molecule has 1 aromatic carbocycles. The first-order valence-corrected chi connectivity index (χ1v) is 8.44. The molecular formula is C18H24N2O2. The second-order valence-corrected chi connectivity index (χ2v) is 6.39. The molecule has 0 spiro atoms. The smallest absolute Gasteiger partial charge is 0.253 e. The molecule has 2 aliphatic rings. The molecular weight excluding hydrogens is 276 g/mol. The maximum Gasteiger partial charge on any atom is 0.253 e. The predicted molar refractivity (Wildman–Crippen MR) is 85.9 cm³/mol. The van der Waals surface area contributed by atoms with Crippen molar-refractivity contribution >= 4 is 11.8 Å². The number of rotatable bonds is 3. The van der Waals surface area contributed by atoms with Crippen LogP contribution in [0.1, 0.15) is 65.7 Å². The quantitative estimate of drug-likeness (QED) is 0.933. The maximum absolute atomic E-state index is 12.4. The molecule has 4 nitrogen and oxygen atoms in total. The van der Waals surface area contributed by atoms with Crippen molar-refractivity contribution in [3.63, 3.8) is 0 Å². The summed E-state index contributed by atoms with van der Waals surface area (Å²) in [6, 6.07) is 7.41. The Kier molecular flexibility index (Phi) is 4.76. The van der Waals surface area contributed by atoms with Crippen molar-refractivity contribution in [2.45, 2.75) is 51.0 Å². The van der Waals surface area contributed by atoms with Gasteiger partial charge in [0.25, 0.3) is 11.8 Å². The summed E-state index contributed by atoms with van der Waals surface area (Å²) < 4.78 is 0. The van der Waals surface area contributed by atoms with Crippen molar-refractivity contribution in [1.82, 2.24) is 10.2 Å². The molecule has 0 unspecified atom stereocenters. The summed E-state index contributed by atoms with van der Waals surface area (Å²) in [5, 5.41) is 3.07. The van der Waals surface area contributed by atoms with Gasteiger partial charge in [0.1, 0.15) is 0 Å². The van der Waals surface area contributed by atoms with Crippen LogP contribution in [0.15, 0.2) is 24.3 Å². The lowest BCUT2D eigenvalue weighted by atomic mass is 10.1. The molecule has 1 saturated carbocycles. The first kappa shape index (κ1) is 15.1. The van der Waals surface area contributed by atoms with Crippen LogP contribution in [0.25, 0.3) is 0 Å². The van der Waals surface area contributed by atoms with E-state index in [0.717, 1.165) is 38.8 Å². The molecule has 0 atom stereocenters. The van der Waals surface area contributed by atoms with Gasteiger partial charge in [0.05, 0.1) is 0 Å². The minimum Gasteiger partial charge on any atom is -0.349 e. The Bertz CT molecular complexity index is 527. The number of hydrogen-bond donors (Lipinski definition) is 1. The highest BCUT2D eigenvalue weighted by Gasteiger charge is 2.20. The average molecular weight is 300 g/mol. The topological polar surface area (TPSA) is 49.4 Å². The van der Waals surface area contributed by atoms with Gasteiger partial charge in [0.2, 0.25) is 0 Å². The highest BCUT2D eigenvalue weighted by atomic mass is 16.2. The van der Waals surface area contributed by atoms with Gasteiger partial charge < -0.3 is 10.2 Å². The van der Waals surface area contributed by atoms with Gasteiger partial charge in [-0.15, -0.1) is 0 Å². The second kappa shape index (κ2) is 6.95. The Balaban J connectivity index is 1.61. The Morgan fingerprint density at radius 2 is 1.45 bits per heavy atom. The molecule has 1 aliphatic heterocycles. The molecule has 1 N–H and O–H groups in total. The Labute approximate surface area is 131 Å². The van der Waals surface area contributed by atoms with Crippen molar-refractivity contribution < 1.29 is 9.59 Å². The molecule has 0 aromatic heterocycles. The van der Waals surface area contributed by atoms with Gasteiger partial charge in [-0.05, 0) is 56.4 Å². The van der Waals surface area contributed by atoms with E-state index < -0.39 is 0 Å². The average Bonchev–Trinajstić information content (AvgIpc) is 3.08. The zero-order chi connectivity index (χ0) is 15.4. The van der Waals surface area contributed by atoms with Gasteiger partial charge >= 0.3 is 0 Å². The van der Waals surface area contributed by atoms with E-state index in [1.807, 2.05) is 4.90 Å². The minimum atomic E-state index is -0.0242. The van der Waals surface area contributed by atoms with E-state index >= 15 is 0 Å². The fraction of sp³-hybridized carbons (Fsp3) is 0.556. The number of nitrogens with zero attached hydrogens (tertiary/aromatic N) is 1. The first-order valence-electron chi connectivity index (χ1n) is 8.44. The number of carbonyl (C=O) groups is 2. The van der Waals surface area contributed by atoms with Crippen molar-refractivity contribution in [2.75, 3.05) is 13.1 Å². The van der Waals surface area contributed by atoms with Gasteiger partial charge in [-0.1, -0.05) is 12.8 Å². The molecule has 2 amide bonds. The third-order valence-electron chi connectivity index (χ3n) is 4.73. The van der Waals surface area contributed by atoms with E-state index in [1.165, 1.54) is 19.3 Å². The molecule has 4 heteroatoms. The molecule has 0 bridgehead atoms. The molecule has 1 saturated heterocycles. The number of likely N-dealkylation sites (tertiary alicyclic amines) is 1. The van der Waals surface area contributed by atoms with Crippen LogP contribution in [0.4, 0.5) is 0 Å². The lowest BCUT2D eigenvalue weighted by molar-refractivity contribution is 0.0723. The van der Waals surface area contributed by atoms with E-state index in [-0.39, 0.29) is 11.8 Å². The van der Waals surface area contributed by atoms with Crippen LogP contribution < -0.4 is 5.32 Å². The fourth-order valence-electron chi connectivity index (χ4n) is 3.38. The third kappa shape index (κ3) is 3.49. The SMILES string of the molecule is O=C(NC1CCCC1)c1ccc(C(=O)N2CCCCC2)cc1. The van der Waals surface area contributed by atoms with E-state index in [2.05, 4.69) is 5.32 Å². The molecule has 1 aliphatic carbocycles. The number of carbonyl (C=O) groups excluding carboxylic acids is 2. The summed E-state index contributed by atoms with van der Waals surface area (Å²) in [7, 11) is 0. The molecule has 1 heterocycles. The summed E-state index contributed by atoms with van der Waals surface area (Å²) in [6.07, 6.45) is 7.96. The van der Waals surface area contributed by atoms with Crippen LogP contribution in [0, 0.1) is 0 Å². The number of piperidine rings is 1. The lowest BCUT2D eigenvalue weighted by Gasteiger charge is -2.26. The fourth-order valence-corrected chi connectivity index (χ4v) is 3.38. The maximum atomic E-state index is 12.4. The largest absolute Gasteiger partial charge is 0.349 e. The highest BCUT2D eigenvalue weighted by Crippen LogP contribution is 2.18. The Morgan fingerprint density at radius 3 is 2.09 bits per heavy atom. The summed E-state index contributed by atoms with van der Waals surface area (Å²) in [4.78, 5) is 26.5. The minimum absolute atomic E-state index is 0.0242. The number of nitrogens with one attached hydrogen (secondary N) is 1. The summed E-state index contributed by atoms with van der Waals surface area (Å²) in [6.45, 7) is 1.70. The summed E-state index contributed by atoms with van der Waals surface area (Å²) in [5.74, 6) is 0.0614. The number of hydrogen-bond acceptors (Lipinski definition) is 2. The van der Waals surface area contributed by atoms with Crippen LogP contribution in [0.3, 0.4) is 0 Å². The summed E-state index contributed by atoms with van der Waals surface area (Å²) in [5.41, 5.74) is 1.32. The number of amides is 2. The molecule has 22 heavy (non-hydrogen) atoms. The van der Waals surface area contributed by atoms with Crippen LogP contribution in [0.5, 0.6) is 0 Å². The standard InChI is InChI=1S/C18H24N2O2/c21-17(19-16-6-2-3-7-16)14-8-10-15(11-9-14)18(22)20-12-4-1-5-13-20/h8-11,16H,1-7,12-13H2,(H,19,21). The molecule has 118 valence electrons. The van der Waals surface area contributed by atoms with Crippen LogP contribution in [0.2, 0.25) is 0 Å². The molecule has 2 fully saturated rings. The van der Waals surface area contributed by atoms with E-state index in [0.29, 0.717) is 17.2 Å². The van der Waals surface area contributed by atoms with E-state index in [1.54, 1.807) is 24.3 Å². The Morgan fingerprint density at radius 1 is 0.864 bits per heavy atom. The van der Waals surface area contributed by atoms with Crippen molar-refractivity contribution in [2.24, 2.45) is 0 Å². The van der Waals surface area contributed by atoms with Crippen molar-refractivity contribution in [1.29, 1.82) is 0 Å². The van der Waals surface area contributed by atoms with Gasteiger partial charge in [-0.3, -0.25) is 9.59 Å². The summed E-state index contributed by atoms with van der Waals surface area (Å²) >= 11 is 0. The van der Waals surface area contributed by atoms with Crippen LogP contribution >= 0.6 is 0 Å². The molecule has 3 rings (SSSR count). The first-order chi connectivity index (χ1) is 10.7. The molecule has 0 radical (unpaired) electrons. The normalized spacial score (nSPS) is 19.2. The number of benzene rings is 1. The van der Waals surface area contributed by atoms with Gasteiger partial charge in [0.15, 0.2) is 0 Å². The van der Waals surface area contributed by atoms with E-state index in [4.69, 9.17) is 0 Å². The molecule has 1 aromatic rings.